The van der Waals surface area contributed by atoms with Gasteiger partial charge in [0.15, 0.2) is 5.16 Å². The number of thioether (sulfide) groups is 1. The minimum Gasteiger partial charge on any atom is -0.481 e. The van der Waals surface area contributed by atoms with Gasteiger partial charge in [0.25, 0.3) is 0 Å². The Morgan fingerprint density at radius 2 is 2.35 bits per heavy atom. The van der Waals surface area contributed by atoms with E-state index in [-0.39, 0.29) is 5.75 Å². The molecule has 1 aromatic heterocycles. The summed E-state index contributed by atoms with van der Waals surface area (Å²) in [6.07, 6.45) is 1.07. The second-order valence-corrected chi connectivity index (χ2v) is 5.23. The molecule has 1 unspecified atom stereocenters. The fourth-order valence-corrected chi connectivity index (χ4v) is 2.89. The van der Waals surface area contributed by atoms with Gasteiger partial charge in [0.1, 0.15) is 5.82 Å². The molecule has 1 N–H and O–H groups in total. The van der Waals surface area contributed by atoms with Crippen molar-refractivity contribution in [1.82, 2.24) is 19.7 Å². The van der Waals surface area contributed by atoms with Crippen molar-refractivity contribution in [3.8, 4) is 0 Å². The molecule has 0 aromatic carbocycles. The number of likely N-dealkylation sites (tertiary alicyclic amines) is 1. The van der Waals surface area contributed by atoms with Gasteiger partial charge in [-0.15, -0.1) is 10.2 Å². The summed E-state index contributed by atoms with van der Waals surface area (Å²) in [4.78, 5) is 12.8. The second-order valence-electron chi connectivity index (χ2n) is 4.29. The lowest BCUT2D eigenvalue weighted by Gasteiger charge is -2.15. The largest absolute Gasteiger partial charge is 0.481 e. The molecule has 0 aliphatic carbocycles. The SMILES string of the molecule is Cc1nnc(SCC(=O)O)n1C1CCN(C)C1. The number of aromatic nitrogens is 3. The Hall–Kier alpha value is -1.08. The molecule has 0 bridgehead atoms. The van der Waals surface area contributed by atoms with Crippen molar-refractivity contribution in [2.45, 2.75) is 24.5 Å². The Morgan fingerprint density at radius 1 is 1.59 bits per heavy atom. The van der Waals surface area contributed by atoms with Crippen LogP contribution in [0.2, 0.25) is 0 Å². The van der Waals surface area contributed by atoms with E-state index in [4.69, 9.17) is 5.11 Å². The van der Waals surface area contributed by atoms with Gasteiger partial charge < -0.3 is 14.6 Å². The summed E-state index contributed by atoms with van der Waals surface area (Å²) in [7, 11) is 2.09. The van der Waals surface area contributed by atoms with Gasteiger partial charge in [0.05, 0.1) is 11.8 Å². The van der Waals surface area contributed by atoms with Crippen molar-refractivity contribution < 1.29 is 9.90 Å². The molecule has 1 aromatic rings. The zero-order valence-electron chi connectivity index (χ0n) is 9.96. The van der Waals surface area contributed by atoms with Gasteiger partial charge in [-0.3, -0.25) is 4.79 Å². The first-order valence-corrected chi connectivity index (χ1v) is 6.51. The number of aliphatic carboxylic acids is 1. The summed E-state index contributed by atoms with van der Waals surface area (Å²) in [5.41, 5.74) is 0. The van der Waals surface area contributed by atoms with Gasteiger partial charge in [-0.2, -0.15) is 0 Å². The summed E-state index contributed by atoms with van der Waals surface area (Å²) in [6.45, 7) is 3.95. The Labute approximate surface area is 104 Å². The van der Waals surface area contributed by atoms with Crippen molar-refractivity contribution in [2.24, 2.45) is 0 Å². The minimum atomic E-state index is -0.828. The van der Waals surface area contributed by atoms with Crippen LogP contribution in [0.15, 0.2) is 5.16 Å². The standard InChI is InChI=1S/C10H16N4O2S/c1-7-11-12-10(17-6-9(15)16)14(7)8-3-4-13(2)5-8/h8H,3-6H2,1-2H3,(H,15,16). The van der Waals surface area contributed by atoms with Crippen LogP contribution in [0.5, 0.6) is 0 Å². The topological polar surface area (TPSA) is 71.2 Å². The van der Waals surface area contributed by atoms with Gasteiger partial charge >= 0.3 is 5.97 Å². The van der Waals surface area contributed by atoms with E-state index in [9.17, 15) is 4.79 Å². The number of likely N-dealkylation sites (N-methyl/N-ethyl adjacent to an activating group) is 1. The lowest BCUT2D eigenvalue weighted by molar-refractivity contribution is -0.133. The molecule has 1 atom stereocenters. The third-order valence-corrected chi connectivity index (χ3v) is 3.82. The summed E-state index contributed by atoms with van der Waals surface area (Å²) in [5.74, 6) is 0.0599. The Morgan fingerprint density at radius 3 is 2.94 bits per heavy atom. The summed E-state index contributed by atoms with van der Waals surface area (Å²) in [6, 6.07) is 0.367. The van der Waals surface area contributed by atoms with Gasteiger partial charge in [-0.05, 0) is 26.9 Å². The van der Waals surface area contributed by atoms with Crippen LogP contribution in [-0.2, 0) is 4.79 Å². The molecule has 1 fully saturated rings. The van der Waals surface area contributed by atoms with Crippen LogP contribution in [-0.4, -0.2) is 56.6 Å². The van der Waals surface area contributed by atoms with Gasteiger partial charge in [-0.25, -0.2) is 0 Å². The first kappa shape index (κ1) is 12.4. The summed E-state index contributed by atoms with van der Waals surface area (Å²) in [5, 5.41) is 17.5. The molecular formula is C10H16N4O2S. The van der Waals surface area contributed by atoms with Crippen molar-refractivity contribution >= 4 is 17.7 Å². The Balaban J connectivity index is 2.14. The summed E-state index contributed by atoms with van der Waals surface area (Å²) < 4.78 is 2.07. The molecule has 0 amide bonds. The molecule has 94 valence electrons. The molecule has 17 heavy (non-hydrogen) atoms. The summed E-state index contributed by atoms with van der Waals surface area (Å²) >= 11 is 1.24. The second kappa shape index (κ2) is 5.05. The van der Waals surface area contributed by atoms with Crippen molar-refractivity contribution in [3.05, 3.63) is 5.82 Å². The molecule has 1 saturated heterocycles. The predicted octanol–water partition coefficient (Wildman–Crippen LogP) is 0.640. The number of carboxylic acids is 1. The Kier molecular flexibility index (Phi) is 3.68. The van der Waals surface area contributed by atoms with Crippen molar-refractivity contribution in [1.29, 1.82) is 0 Å². The zero-order chi connectivity index (χ0) is 12.4. The monoisotopic (exact) mass is 256 g/mol. The predicted molar refractivity (Wildman–Crippen MR) is 64.3 cm³/mol. The van der Waals surface area contributed by atoms with Crippen LogP contribution in [0.4, 0.5) is 0 Å². The van der Waals surface area contributed by atoms with Crippen LogP contribution in [0.3, 0.4) is 0 Å². The lowest BCUT2D eigenvalue weighted by atomic mass is 10.2. The average molecular weight is 256 g/mol. The maximum Gasteiger partial charge on any atom is 0.313 e. The molecule has 7 heteroatoms. The number of aryl methyl sites for hydroxylation is 1. The molecule has 1 aliphatic heterocycles. The lowest BCUT2D eigenvalue weighted by Crippen LogP contribution is -2.18. The average Bonchev–Trinajstić information content (AvgIpc) is 2.82. The highest BCUT2D eigenvalue weighted by Gasteiger charge is 2.25. The van der Waals surface area contributed by atoms with Gasteiger partial charge in [-0.1, -0.05) is 11.8 Å². The molecule has 2 heterocycles. The van der Waals surface area contributed by atoms with Gasteiger partial charge in [0.2, 0.25) is 0 Å². The van der Waals surface area contributed by atoms with Crippen LogP contribution in [0, 0.1) is 6.92 Å². The number of hydrogen-bond donors (Lipinski definition) is 1. The minimum absolute atomic E-state index is 0.0285. The molecule has 0 saturated carbocycles. The molecule has 0 spiro atoms. The van der Waals surface area contributed by atoms with Crippen LogP contribution in [0.1, 0.15) is 18.3 Å². The van der Waals surface area contributed by atoms with Crippen molar-refractivity contribution in [2.75, 3.05) is 25.9 Å². The first-order chi connectivity index (χ1) is 8.08. The number of carboxylic acid groups (broad SMARTS) is 1. The van der Waals surface area contributed by atoms with E-state index < -0.39 is 5.97 Å². The van der Waals surface area contributed by atoms with E-state index in [1.807, 2.05) is 6.92 Å². The molecule has 2 rings (SSSR count). The molecule has 1 aliphatic rings. The maximum atomic E-state index is 10.6. The van der Waals surface area contributed by atoms with E-state index in [1.165, 1.54) is 11.8 Å². The van der Waals surface area contributed by atoms with E-state index in [1.54, 1.807) is 0 Å². The highest BCUT2D eigenvalue weighted by molar-refractivity contribution is 7.99. The number of carbonyl (C=O) groups is 1. The maximum absolute atomic E-state index is 10.6. The van der Waals surface area contributed by atoms with E-state index in [0.29, 0.717) is 11.2 Å². The smallest absolute Gasteiger partial charge is 0.313 e. The van der Waals surface area contributed by atoms with Crippen LogP contribution >= 0.6 is 11.8 Å². The highest BCUT2D eigenvalue weighted by atomic mass is 32.2. The van der Waals surface area contributed by atoms with Crippen molar-refractivity contribution in [3.63, 3.8) is 0 Å². The number of hydrogen-bond acceptors (Lipinski definition) is 5. The van der Waals surface area contributed by atoms with Crippen LogP contribution in [0.25, 0.3) is 0 Å². The fraction of sp³-hybridized carbons (Fsp3) is 0.700. The zero-order valence-corrected chi connectivity index (χ0v) is 10.8. The number of nitrogens with zero attached hydrogens (tertiary/aromatic N) is 4. The van der Waals surface area contributed by atoms with Crippen LogP contribution < -0.4 is 0 Å². The fourth-order valence-electron chi connectivity index (χ4n) is 2.12. The van der Waals surface area contributed by atoms with E-state index in [2.05, 4.69) is 26.7 Å². The molecule has 0 radical (unpaired) electrons. The van der Waals surface area contributed by atoms with E-state index in [0.717, 1.165) is 25.3 Å². The molecular weight excluding hydrogens is 240 g/mol. The Bertz CT molecular complexity index is 420. The van der Waals surface area contributed by atoms with Gasteiger partial charge in [0, 0.05) is 6.54 Å². The number of rotatable bonds is 4. The van der Waals surface area contributed by atoms with E-state index >= 15 is 0 Å². The third-order valence-electron chi connectivity index (χ3n) is 2.89. The highest BCUT2D eigenvalue weighted by Crippen LogP contribution is 2.27. The first-order valence-electron chi connectivity index (χ1n) is 5.52. The molecule has 6 nitrogen and oxygen atoms in total. The third kappa shape index (κ3) is 2.78. The normalized spacial score (nSPS) is 20.9. The quantitative estimate of drug-likeness (QED) is 0.797.